The number of thioether (sulfide) groups is 2. The van der Waals surface area contributed by atoms with Crippen molar-refractivity contribution in [1.29, 1.82) is 0 Å². The van der Waals surface area contributed by atoms with Gasteiger partial charge in [0.2, 0.25) is 0 Å². The number of aliphatic carboxylic acids is 1. The summed E-state index contributed by atoms with van der Waals surface area (Å²) in [7, 11) is 0. The third-order valence-corrected chi connectivity index (χ3v) is 5.48. The summed E-state index contributed by atoms with van der Waals surface area (Å²) in [5.41, 5.74) is 1.72. The van der Waals surface area contributed by atoms with Crippen molar-refractivity contribution in [3.05, 3.63) is 46.9 Å². The lowest BCUT2D eigenvalue weighted by Crippen LogP contribution is -2.12. The van der Waals surface area contributed by atoms with Crippen LogP contribution in [0.5, 0.6) is 0 Å². The first-order chi connectivity index (χ1) is 9.38. The number of carboxylic acid groups (broad SMARTS) is 1. The van der Waals surface area contributed by atoms with Crippen molar-refractivity contribution >= 4 is 33.9 Å². The maximum atomic E-state index is 10.9. The van der Waals surface area contributed by atoms with Crippen LogP contribution in [-0.2, 0) is 17.0 Å². The van der Waals surface area contributed by atoms with Crippen LogP contribution in [0.2, 0.25) is 0 Å². The van der Waals surface area contributed by atoms with E-state index < -0.39 is 5.97 Å². The van der Waals surface area contributed by atoms with E-state index in [1.807, 2.05) is 38.1 Å². The lowest BCUT2D eigenvalue weighted by molar-refractivity contribution is -0.136. The van der Waals surface area contributed by atoms with E-state index in [9.17, 15) is 4.79 Å². The Morgan fingerprint density at radius 2 is 2.05 bits per heavy atom. The first-order valence-electron chi connectivity index (χ1n) is 6.27. The smallest absolute Gasteiger partial charge is 0.307 e. The van der Waals surface area contributed by atoms with Gasteiger partial charge in [-0.05, 0) is 25.0 Å². The van der Waals surface area contributed by atoms with Crippen LogP contribution in [0.3, 0.4) is 0 Å². The van der Waals surface area contributed by atoms with Gasteiger partial charge in [0.1, 0.15) is 4.38 Å². The average Bonchev–Trinajstić information content (AvgIpc) is 2.61. The number of benzene rings is 1. The standard InChI is InChI=1S/C15H17NO2S2/c1-10-15(2,3)16-14(20-10)19-9-12-7-5-4-6-11(12)8-13(17)18/h4-7H,1,8-9H2,2-3H3,(H,17,18). The summed E-state index contributed by atoms with van der Waals surface area (Å²) in [5.74, 6) is -0.0666. The molecule has 0 radical (unpaired) electrons. The second-order valence-corrected chi connectivity index (χ2v) is 7.40. The molecule has 5 heteroatoms. The highest BCUT2D eigenvalue weighted by Gasteiger charge is 2.29. The van der Waals surface area contributed by atoms with Gasteiger partial charge in [-0.2, -0.15) is 0 Å². The van der Waals surface area contributed by atoms with Crippen molar-refractivity contribution < 1.29 is 9.90 Å². The Balaban J connectivity index is 2.05. The third-order valence-electron chi connectivity index (χ3n) is 3.07. The number of aliphatic imine (C=N–C) groups is 1. The molecular weight excluding hydrogens is 290 g/mol. The Morgan fingerprint density at radius 3 is 2.60 bits per heavy atom. The fourth-order valence-corrected chi connectivity index (χ4v) is 4.13. The highest BCUT2D eigenvalue weighted by Crippen LogP contribution is 2.42. The minimum absolute atomic E-state index is 0.0640. The molecule has 0 atom stereocenters. The number of carbonyl (C=O) groups is 1. The lowest BCUT2D eigenvalue weighted by atomic mass is 10.1. The van der Waals surface area contributed by atoms with E-state index in [2.05, 4.69) is 11.6 Å². The first-order valence-corrected chi connectivity index (χ1v) is 8.07. The highest BCUT2D eigenvalue weighted by molar-refractivity contribution is 8.40. The van der Waals surface area contributed by atoms with E-state index in [1.165, 1.54) is 0 Å². The third kappa shape index (κ3) is 3.67. The van der Waals surface area contributed by atoms with Crippen LogP contribution in [0, 0.1) is 0 Å². The Kier molecular flexibility index (Phi) is 4.60. The highest BCUT2D eigenvalue weighted by atomic mass is 32.2. The maximum Gasteiger partial charge on any atom is 0.307 e. The van der Waals surface area contributed by atoms with Gasteiger partial charge in [-0.15, -0.1) is 0 Å². The molecule has 1 N–H and O–H groups in total. The fraction of sp³-hybridized carbons (Fsp3) is 0.333. The molecule has 1 aromatic carbocycles. The summed E-state index contributed by atoms with van der Waals surface area (Å²) >= 11 is 3.26. The summed E-state index contributed by atoms with van der Waals surface area (Å²) in [6.07, 6.45) is 0.0640. The molecule has 1 heterocycles. The predicted molar refractivity (Wildman–Crippen MR) is 87.3 cm³/mol. The van der Waals surface area contributed by atoms with Gasteiger partial charge in [0, 0.05) is 10.7 Å². The van der Waals surface area contributed by atoms with Gasteiger partial charge < -0.3 is 5.11 Å². The molecule has 0 fully saturated rings. The second kappa shape index (κ2) is 6.06. The zero-order valence-corrected chi connectivity index (χ0v) is 13.2. The molecule has 0 unspecified atom stereocenters. The number of rotatable bonds is 4. The summed E-state index contributed by atoms with van der Waals surface area (Å²) in [5, 5.41) is 8.93. The summed E-state index contributed by atoms with van der Waals surface area (Å²) < 4.78 is 1.00. The van der Waals surface area contributed by atoms with Gasteiger partial charge >= 0.3 is 5.97 Å². The summed E-state index contributed by atoms with van der Waals surface area (Å²) in [6.45, 7) is 8.13. The molecule has 0 amide bonds. The maximum absolute atomic E-state index is 10.9. The Morgan fingerprint density at radius 1 is 1.40 bits per heavy atom. The first kappa shape index (κ1) is 15.2. The molecule has 1 aliphatic heterocycles. The molecule has 0 saturated carbocycles. The summed E-state index contributed by atoms with van der Waals surface area (Å²) in [4.78, 5) is 16.6. The molecule has 0 saturated heterocycles. The molecule has 0 aromatic heterocycles. The number of carboxylic acids is 1. The normalized spacial score (nSPS) is 17.1. The quantitative estimate of drug-likeness (QED) is 0.915. The largest absolute Gasteiger partial charge is 0.481 e. The van der Waals surface area contributed by atoms with E-state index in [-0.39, 0.29) is 12.0 Å². The number of nitrogens with zero attached hydrogens (tertiary/aromatic N) is 1. The molecule has 0 aliphatic carbocycles. The topological polar surface area (TPSA) is 49.7 Å². The van der Waals surface area contributed by atoms with Gasteiger partial charge in [-0.1, -0.05) is 54.4 Å². The van der Waals surface area contributed by atoms with Crippen LogP contribution in [0.4, 0.5) is 0 Å². The van der Waals surface area contributed by atoms with Crippen molar-refractivity contribution in [2.75, 3.05) is 0 Å². The molecule has 0 spiro atoms. The Labute approximate surface area is 127 Å². The predicted octanol–water partition coefficient (Wildman–Crippen LogP) is 3.94. The van der Waals surface area contributed by atoms with E-state index in [0.717, 1.165) is 26.2 Å². The van der Waals surface area contributed by atoms with Crippen LogP contribution in [0.15, 0.2) is 40.7 Å². The van der Waals surface area contributed by atoms with Crippen molar-refractivity contribution in [2.24, 2.45) is 4.99 Å². The van der Waals surface area contributed by atoms with E-state index >= 15 is 0 Å². The minimum Gasteiger partial charge on any atom is -0.481 e. The summed E-state index contributed by atoms with van der Waals surface area (Å²) in [6, 6.07) is 7.66. The molecule has 20 heavy (non-hydrogen) atoms. The molecule has 106 valence electrons. The Hall–Kier alpha value is -1.20. The lowest BCUT2D eigenvalue weighted by Gasteiger charge is -2.12. The van der Waals surface area contributed by atoms with Crippen LogP contribution in [0.25, 0.3) is 0 Å². The fourth-order valence-electron chi connectivity index (χ4n) is 1.78. The van der Waals surface area contributed by atoms with E-state index in [0.29, 0.717) is 0 Å². The zero-order chi connectivity index (χ0) is 14.8. The SMILES string of the molecule is C=C1SC(SCc2ccccc2CC(=O)O)=NC1(C)C. The van der Waals surface area contributed by atoms with Crippen molar-refractivity contribution in [2.45, 2.75) is 31.6 Å². The van der Waals surface area contributed by atoms with Crippen molar-refractivity contribution in [3.63, 3.8) is 0 Å². The molecule has 1 aliphatic rings. The van der Waals surface area contributed by atoms with Gasteiger partial charge in [0.05, 0.1) is 12.0 Å². The zero-order valence-electron chi connectivity index (χ0n) is 11.5. The number of hydrogen-bond donors (Lipinski definition) is 1. The number of hydrogen-bond acceptors (Lipinski definition) is 4. The van der Waals surface area contributed by atoms with Gasteiger partial charge in [0.25, 0.3) is 0 Å². The minimum atomic E-state index is -0.801. The average molecular weight is 307 g/mol. The van der Waals surface area contributed by atoms with Crippen LogP contribution in [0.1, 0.15) is 25.0 Å². The van der Waals surface area contributed by atoms with Crippen molar-refractivity contribution in [1.82, 2.24) is 0 Å². The van der Waals surface area contributed by atoms with Crippen LogP contribution in [-0.4, -0.2) is 21.0 Å². The molecule has 0 bridgehead atoms. The van der Waals surface area contributed by atoms with Crippen LogP contribution < -0.4 is 0 Å². The van der Waals surface area contributed by atoms with Crippen LogP contribution >= 0.6 is 23.5 Å². The molecule has 1 aromatic rings. The second-order valence-electron chi connectivity index (χ2n) is 5.09. The van der Waals surface area contributed by atoms with E-state index in [4.69, 9.17) is 5.11 Å². The van der Waals surface area contributed by atoms with Gasteiger partial charge in [0.15, 0.2) is 0 Å². The Bertz CT molecular complexity index is 579. The van der Waals surface area contributed by atoms with Gasteiger partial charge in [-0.3, -0.25) is 9.79 Å². The van der Waals surface area contributed by atoms with Gasteiger partial charge in [-0.25, -0.2) is 0 Å². The van der Waals surface area contributed by atoms with Crippen molar-refractivity contribution in [3.8, 4) is 0 Å². The molecule has 3 nitrogen and oxygen atoms in total. The molecule has 2 rings (SSSR count). The van der Waals surface area contributed by atoms with E-state index in [1.54, 1.807) is 23.5 Å². The molecular formula is C15H17NO2S2. The monoisotopic (exact) mass is 307 g/mol.